The molecule has 4 aromatic rings. The topological polar surface area (TPSA) is 120 Å². The lowest BCUT2D eigenvalue weighted by molar-refractivity contribution is -0.103. The fourth-order valence-electron chi connectivity index (χ4n) is 4.19. The maximum Gasteiger partial charge on any atom is 0.253 e. The van der Waals surface area contributed by atoms with Gasteiger partial charge in [-0.3, -0.25) is 19.5 Å². The molecule has 0 aliphatic heterocycles. The van der Waals surface area contributed by atoms with Gasteiger partial charge in [-0.15, -0.1) is 0 Å². The summed E-state index contributed by atoms with van der Waals surface area (Å²) in [5.41, 5.74) is 5.84. The molecular formula is C29H29N5O3. The van der Waals surface area contributed by atoms with Crippen LogP contribution in [0.15, 0.2) is 66.9 Å². The monoisotopic (exact) mass is 495 g/mol. The van der Waals surface area contributed by atoms with Gasteiger partial charge in [0, 0.05) is 28.7 Å². The predicted molar refractivity (Wildman–Crippen MR) is 143 cm³/mol. The van der Waals surface area contributed by atoms with E-state index in [9.17, 15) is 14.4 Å². The molecule has 1 atom stereocenters. The first kappa shape index (κ1) is 25.4. The highest BCUT2D eigenvalue weighted by Gasteiger charge is 2.18. The first-order valence-electron chi connectivity index (χ1n) is 12.0. The van der Waals surface area contributed by atoms with Crippen LogP contribution in [-0.2, 0) is 11.3 Å². The molecule has 0 saturated carbocycles. The zero-order valence-corrected chi connectivity index (χ0v) is 21.0. The number of aryl methyl sites for hydroxylation is 1. The molecule has 0 saturated heterocycles. The summed E-state index contributed by atoms with van der Waals surface area (Å²) >= 11 is 0. The van der Waals surface area contributed by atoms with Crippen LogP contribution in [0.2, 0.25) is 0 Å². The Labute approximate surface area is 215 Å². The lowest BCUT2D eigenvalue weighted by Gasteiger charge is -2.14. The molecule has 2 aromatic heterocycles. The molecule has 2 heterocycles. The molecule has 0 aliphatic carbocycles. The lowest BCUT2D eigenvalue weighted by Crippen LogP contribution is -2.26. The number of benzene rings is 2. The molecule has 4 N–H and O–H groups in total. The third kappa shape index (κ3) is 5.92. The Morgan fingerprint density at radius 2 is 1.76 bits per heavy atom. The molecule has 8 nitrogen and oxygen atoms in total. The summed E-state index contributed by atoms with van der Waals surface area (Å²) in [5.74, 6) is -0.453. The fourth-order valence-corrected chi connectivity index (χ4v) is 4.19. The number of carbonyl (C=O) groups is 3. The van der Waals surface area contributed by atoms with Crippen molar-refractivity contribution in [1.82, 2.24) is 25.8 Å². The number of allylic oxidation sites excluding steroid dienone is 1. The van der Waals surface area contributed by atoms with Gasteiger partial charge in [-0.1, -0.05) is 42.5 Å². The van der Waals surface area contributed by atoms with Crippen molar-refractivity contribution in [1.29, 1.82) is 0 Å². The van der Waals surface area contributed by atoms with E-state index in [1.807, 2.05) is 51.1 Å². The van der Waals surface area contributed by atoms with Crippen molar-refractivity contribution < 1.29 is 14.4 Å². The van der Waals surface area contributed by atoms with E-state index in [0.29, 0.717) is 40.2 Å². The van der Waals surface area contributed by atoms with Crippen LogP contribution in [0, 0.1) is 13.8 Å². The Bertz CT molecular complexity index is 1440. The second-order valence-electron chi connectivity index (χ2n) is 8.83. The van der Waals surface area contributed by atoms with Crippen LogP contribution in [0.5, 0.6) is 0 Å². The maximum atomic E-state index is 12.9. The minimum atomic E-state index is -0.230. The Morgan fingerprint density at radius 1 is 1.00 bits per heavy atom. The molecule has 2 aromatic carbocycles. The standard InChI is InChI=1S/C29H29N5O3/c1-18-26(32-20(3)27(18)29(37)30-16-25-12-13-31-34-25)15-24(17-35)22-10-7-11-23(14-22)28(36)33-19(2)21-8-5-4-6-9-21/h4-15,17,19,32H,16H2,1-3H3,(H,30,37)(H,31,34)(H,33,36)/b24-15+. The number of hydrogen-bond donors (Lipinski definition) is 4. The molecule has 4 rings (SSSR count). The number of nitrogens with zero attached hydrogens (tertiary/aromatic N) is 1. The largest absolute Gasteiger partial charge is 0.358 e. The normalized spacial score (nSPS) is 12.1. The number of aromatic nitrogens is 3. The number of H-pyrrole nitrogens is 2. The minimum absolute atomic E-state index is 0.166. The zero-order chi connectivity index (χ0) is 26.4. The fraction of sp³-hybridized carbons (Fsp3) is 0.172. The SMILES string of the molecule is Cc1[nH]c(/C=C(\C=O)c2cccc(C(=O)NC(C)c3ccccc3)c2)c(C)c1C(=O)NCc1ccn[nH]1. The molecule has 0 bridgehead atoms. The van der Waals surface area contributed by atoms with Gasteiger partial charge in [0.05, 0.1) is 23.8 Å². The molecular weight excluding hydrogens is 466 g/mol. The molecule has 0 fully saturated rings. The molecule has 0 radical (unpaired) electrons. The van der Waals surface area contributed by atoms with Gasteiger partial charge in [-0.2, -0.15) is 5.10 Å². The van der Waals surface area contributed by atoms with Crippen LogP contribution in [-0.4, -0.2) is 33.3 Å². The summed E-state index contributed by atoms with van der Waals surface area (Å²) in [5, 5.41) is 12.6. The highest BCUT2D eigenvalue weighted by atomic mass is 16.2. The summed E-state index contributed by atoms with van der Waals surface area (Å²) in [4.78, 5) is 41.0. The van der Waals surface area contributed by atoms with Crippen molar-refractivity contribution in [2.24, 2.45) is 0 Å². The van der Waals surface area contributed by atoms with Crippen molar-refractivity contribution in [3.05, 3.63) is 112 Å². The van der Waals surface area contributed by atoms with E-state index in [1.54, 1.807) is 42.6 Å². The van der Waals surface area contributed by atoms with E-state index in [2.05, 4.69) is 25.8 Å². The number of hydrogen-bond acceptors (Lipinski definition) is 4. The molecule has 0 aliphatic rings. The Balaban J connectivity index is 1.54. The van der Waals surface area contributed by atoms with E-state index in [-0.39, 0.29) is 17.9 Å². The Hall–Kier alpha value is -4.72. The van der Waals surface area contributed by atoms with E-state index < -0.39 is 0 Å². The second kappa shape index (κ2) is 11.3. The van der Waals surface area contributed by atoms with Gasteiger partial charge in [-0.25, -0.2) is 0 Å². The number of aldehydes is 1. The summed E-state index contributed by atoms with van der Waals surface area (Å²) < 4.78 is 0. The average Bonchev–Trinajstić information content (AvgIpc) is 3.53. The predicted octanol–water partition coefficient (Wildman–Crippen LogP) is 4.52. The summed E-state index contributed by atoms with van der Waals surface area (Å²) in [7, 11) is 0. The van der Waals surface area contributed by atoms with Crippen LogP contribution < -0.4 is 10.6 Å². The zero-order valence-electron chi connectivity index (χ0n) is 21.0. The van der Waals surface area contributed by atoms with Crippen LogP contribution >= 0.6 is 0 Å². The third-order valence-corrected chi connectivity index (χ3v) is 6.23. The molecule has 37 heavy (non-hydrogen) atoms. The van der Waals surface area contributed by atoms with Gasteiger partial charge in [0.25, 0.3) is 11.8 Å². The van der Waals surface area contributed by atoms with Crippen LogP contribution in [0.25, 0.3) is 11.6 Å². The molecule has 188 valence electrons. The number of carbonyl (C=O) groups excluding carboxylic acids is 3. The quantitative estimate of drug-likeness (QED) is 0.202. The number of aromatic amines is 2. The van der Waals surface area contributed by atoms with Crippen molar-refractivity contribution >= 4 is 29.7 Å². The second-order valence-corrected chi connectivity index (χ2v) is 8.83. The number of amides is 2. The third-order valence-electron chi connectivity index (χ3n) is 6.23. The van der Waals surface area contributed by atoms with Gasteiger partial charge in [-0.05, 0) is 61.7 Å². The molecule has 8 heteroatoms. The van der Waals surface area contributed by atoms with E-state index in [4.69, 9.17) is 0 Å². The van der Waals surface area contributed by atoms with Gasteiger partial charge in [0.15, 0.2) is 6.29 Å². The van der Waals surface area contributed by atoms with Crippen molar-refractivity contribution in [3.8, 4) is 0 Å². The molecule has 1 unspecified atom stereocenters. The van der Waals surface area contributed by atoms with Gasteiger partial charge < -0.3 is 15.6 Å². The van der Waals surface area contributed by atoms with E-state index in [1.165, 1.54) is 0 Å². The minimum Gasteiger partial charge on any atom is -0.358 e. The first-order chi connectivity index (χ1) is 17.9. The van der Waals surface area contributed by atoms with Crippen LogP contribution in [0.4, 0.5) is 0 Å². The van der Waals surface area contributed by atoms with Crippen molar-refractivity contribution in [2.75, 3.05) is 0 Å². The van der Waals surface area contributed by atoms with Crippen molar-refractivity contribution in [3.63, 3.8) is 0 Å². The summed E-state index contributed by atoms with van der Waals surface area (Å²) in [6.07, 6.45) is 4.07. The van der Waals surface area contributed by atoms with Gasteiger partial charge in [0.2, 0.25) is 0 Å². The van der Waals surface area contributed by atoms with E-state index >= 15 is 0 Å². The highest BCUT2D eigenvalue weighted by Crippen LogP contribution is 2.24. The van der Waals surface area contributed by atoms with E-state index in [0.717, 1.165) is 23.1 Å². The highest BCUT2D eigenvalue weighted by molar-refractivity contribution is 6.14. The number of rotatable bonds is 9. The smallest absolute Gasteiger partial charge is 0.253 e. The van der Waals surface area contributed by atoms with Crippen LogP contribution in [0.3, 0.4) is 0 Å². The number of nitrogens with one attached hydrogen (secondary N) is 4. The summed E-state index contributed by atoms with van der Waals surface area (Å²) in [6.45, 7) is 5.89. The van der Waals surface area contributed by atoms with Crippen molar-refractivity contribution in [2.45, 2.75) is 33.4 Å². The van der Waals surface area contributed by atoms with Gasteiger partial charge in [0.1, 0.15) is 0 Å². The first-order valence-corrected chi connectivity index (χ1v) is 12.0. The Kier molecular flexibility index (Phi) is 7.78. The molecule has 0 spiro atoms. The molecule has 2 amide bonds. The lowest BCUT2D eigenvalue weighted by atomic mass is 10.0. The van der Waals surface area contributed by atoms with Gasteiger partial charge >= 0.3 is 0 Å². The summed E-state index contributed by atoms with van der Waals surface area (Å²) in [6, 6.07) is 18.3. The van der Waals surface area contributed by atoms with Crippen LogP contribution in [0.1, 0.15) is 67.5 Å². The Morgan fingerprint density at radius 3 is 2.46 bits per heavy atom. The maximum absolute atomic E-state index is 12.9. The average molecular weight is 496 g/mol.